The third kappa shape index (κ3) is 3.48. The number of hydrogen-bond acceptors (Lipinski definition) is 7. The first-order valence-electron chi connectivity index (χ1n) is 8.61. The molecule has 2 aliphatic rings. The van der Waals surface area contributed by atoms with Gasteiger partial charge in [-0.15, -0.1) is 0 Å². The van der Waals surface area contributed by atoms with Crippen LogP contribution in [0.3, 0.4) is 0 Å². The van der Waals surface area contributed by atoms with Crippen molar-refractivity contribution in [1.82, 2.24) is 4.90 Å². The quantitative estimate of drug-likeness (QED) is 0.515. The molecule has 0 radical (unpaired) electrons. The van der Waals surface area contributed by atoms with Crippen LogP contribution in [0.4, 0.5) is 0 Å². The molecule has 0 aliphatic carbocycles. The van der Waals surface area contributed by atoms with Crippen LogP contribution in [-0.4, -0.2) is 63.9 Å². The molecule has 1 saturated heterocycles. The fourth-order valence-corrected chi connectivity index (χ4v) is 3.11. The molecule has 1 aromatic rings. The molecular weight excluding hydrogens is 343 g/mol. The lowest BCUT2D eigenvalue weighted by Gasteiger charge is -2.41. The number of hydrogen-bond donors (Lipinski definition) is 4. The van der Waals surface area contributed by atoms with Crippen LogP contribution in [-0.2, 0) is 11.2 Å². The van der Waals surface area contributed by atoms with E-state index in [1.165, 1.54) is 6.07 Å². The molecule has 1 fully saturated rings. The van der Waals surface area contributed by atoms with Crippen molar-refractivity contribution in [2.24, 2.45) is 5.73 Å². The van der Waals surface area contributed by atoms with E-state index in [9.17, 15) is 24.7 Å². The molecule has 10 heteroatoms. The number of carboxylic acids is 1. The third-order valence-electron chi connectivity index (χ3n) is 4.72. The van der Waals surface area contributed by atoms with Gasteiger partial charge in [0.05, 0.1) is 24.9 Å². The molecule has 3 rings (SSSR count). The van der Waals surface area contributed by atoms with Crippen molar-refractivity contribution < 1.29 is 34.1 Å². The van der Waals surface area contributed by atoms with Gasteiger partial charge in [0.1, 0.15) is 17.4 Å². The predicted octanol–water partition coefficient (Wildman–Crippen LogP) is -0.430. The minimum Gasteiger partial charge on any atom is -0.669 e. The SMILES string of the molecule is CC[C@@H](N)C(=O)N1CC(Oc2ccc3c(c2C(=O)O)O[B-](O)(O)CC3)C1. The van der Waals surface area contributed by atoms with Gasteiger partial charge in [-0.3, -0.25) is 4.79 Å². The van der Waals surface area contributed by atoms with Gasteiger partial charge in [-0.25, -0.2) is 4.79 Å². The summed E-state index contributed by atoms with van der Waals surface area (Å²) in [5, 5.41) is 29.0. The van der Waals surface area contributed by atoms with Crippen molar-refractivity contribution in [3.63, 3.8) is 0 Å². The summed E-state index contributed by atoms with van der Waals surface area (Å²) in [7, 11) is 0. The molecule has 1 aromatic carbocycles. The maximum atomic E-state index is 12.0. The van der Waals surface area contributed by atoms with Crippen LogP contribution in [0.2, 0.25) is 6.32 Å². The molecule has 1 atom stereocenters. The van der Waals surface area contributed by atoms with Crippen molar-refractivity contribution in [3.8, 4) is 11.5 Å². The summed E-state index contributed by atoms with van der Waals surface area (Å²) in [6.45, 7) is -0.624. The topological polar surface area (TPSA) is 143 Å². The molecule has 0 saturated carbocycles. The lowest BCUT2D eigenvalue weighted by atomic mass is 9.70. The first-order valence-corrected chi connectivity index (χ1v) is 8.61. The van der Waals surface area contributed by atoms with E-state index in [-0.39, 0.29) is 35.4 Å². The Morgan fingerprint density at radius 3 is 2.73 bits per heavy atom. The van der Waals surface area contributed by atoms with Gasteiger partial charge in [-0.1, -0.05) is 19.3 Å². The number of aryl methyl sites for hydroxylation is 1. The molecular formula is C16H22BN2O7-. The Hall–Kier alpha value is -2.30. The van der Waals surface area contributed by atoms with Gasteiger partial charge in [-0.05, 0) is 24.5 Å². The summed E-state index contributed by atoms with van der Waals surface area (Å²) in [5.41, 5.74) is 6.05. The Labute approximate surface area is 150 Å². The molecule has 0 unspecified atom stereocenters. The number of fused-ring (bicyclic) bond motifs is 1. The fraction of sp³-hybridized carbons (Fsp3) is 0.500. The molecule has 26 heavy (non-hydrogen) atoms. The zero-order chi connectivity index (χ0) is 19.1. The second-order valence-corrected chi connectivity index (χ2v) is 6.74. The monoisotopic (exact) mass is 365 g/mol. The molecule has 0 bridgehead atoms. The molecule has 5 N–H and O–H groups in total. The second-order valence-electron chi connectivity index (χ2n) is 6.74. The summed E-state index contributed by atoms with van der Waals surface area (Å²) >= 11 is 0. The summed E-state index contributed by atoms with van der Waals surface area (Å²) in [5.74, 6) is -1.45. The summed E-state index contributed by atoms with van der Waals surface area (Å²) < 4.78 is 10.8. The standard InChI is InChI=1S/C16H22BN2O7/c1-2-11(18)15(20)19-7-10(8-19)25-12-4-3-9-5-6-17(23,24)26-14(9)13(12)16(21)22/h3-4,10-11,23-24H,2,5-8,18H2,1H3,(H,21,22)/q-1/t11-/m1/s1. The lowest BCUT2D eigenvalue weighted by Crippen LogP contribution is -2.59. The minimum absolute atomic E-state index is 0.00361. The Kier molecular flexibility index (Phi) is 4.83. The average molecular weight is 365 g/mol. The van der Waals surface area contributed by atoms with Crippen molar-refractivity contribution in [3.05, 3.63) is 23.3 Å². The highest BCUT2D eigenvalue weighted by Gasteiger charge is 2.37. The van der Waals surface area contributed by atoms with Gasteiger partial charge in [0.2, 0.25) is 5.91 Å². The first-order chi connectivity index (χ1) is 12.2. The number of carboxylic acid groups (broad SMARTS) is 1. The van der Waals surface area contributed by atoms with Crippen LogP contribution in [0.15, 0.2) is 12.1 Å². The number of benzene rings is 1. The number of nitrogens with two attached hydrogens (primary N) is 1. The number of likely N-dealkylation sites (tertiary alicyclic amines) is 1. The van der Waals surface area contributed by atoms with Crippen LogP contribution in [0.5, 0.6) is 11.5 Å². The van der Waals surface area contributed by atoms with Crippen LogP contribution in [0.25, 0.3) is 0 Å². The van der Waals surface area contributed by atoms with E-state index in [1.54, 1.807) is 11.0 Å². The average Bonchev–Trinajstić information content (AvgIpc) is 2.54. The van der Waals surface area contributed by atoms with Crippen LogP contribution in [0.1, 0.15) is 29.3 Å². The van der Waals surface area contributed by atoms with Gasteiger partial charge in [-0.2, -0.15) is 0 Å². The Balaban J connectivity index is 1.76. The molecule has 2 aliphatic heterocycles. The number of rotatable bonds is 5. The van der Waals surface area contributed by atoms with Gasteiger partial charge >= 0.3 is 12.7 Å². The zero-order valence-corrected chi connectivity index (χ0v) is 14.4. The van der Waals surface area contributed by atoms with Gasteiger partial charge in [0, 0.05) is 0 Å². The summed E-state index contributed by atoms with van der Waals surface area (Å²) in [6.07, 6.45) is 0.479. The maximum Gasteiger partial charge on any atom is 0.430 e. The molecule has 1 amide bonds. The molecule has 0 aromatic heterocycles. The van der Waals surface area contributed by atoms with E-state index in [0.717, 1.165) is 0 Å². The highest BCUT2D eigenvalue weighted by molar-refractivity contribution is 6.59. The van der Waals surface area contributed by atoms with Gasteiger partial charge < -0.3 is 35.2 Å². The highest BCUT2D eigenvalue weighted by Crippen LogP contribution is 2.38. The smallest absolute Gasteiger partial charge is 0.430 e. The van der Waals surface area contributed by atoms with E-state index in [2.05, 4.69) is 0 Å². The van der Waals surface area contributed by atoms with E-state index in [1.807, 2.05) is 6.92 Å². The van der Waals surface area contributed by atoms with Crippen LogP contribution < -0.4 is 15.1 Å². The maximum absolute atomic E-state index is 12.0. The van der Waals surface area contributed by atoms with Crippen LogP contribution >= 0.6 is 0 Å². The van der Waals surface area contributed by atoms with Gasteiger partial charge in [0.25, 0.3) is 0 Å². The number of carbonyl (C=O) groups is 2. The minimum atomic E-state index is -3.08. The number of nitrogens with zero attached hydrogens (tertiary/aromatic N) is 1. The van der Waals surface area contributed by atoms with E-state index in [4.69, 9.17) is 15.1 Å². The zero-order valence-electron chi connectivity index (χ0n) is 14.4. The number of aromatic carboxylic acids is 1. The molecule has 2 heterocycles. The van der Waals surface area contributed by atoms with E-state index >= 15 is 0 Å². The first kappa shape index (κ1) is 18.5. The Morgan fingerprint density at radius 1 is 1.42 bits per heavy atom. The Morgan fingerprint density at radius 2 is 2.12 bits per heavy atom. The fourth-order valence-electron chi connectivity index (χ4n) is 3.11. The number of amides is 1. The third-order valence-corrected chi connectivity index (χ3v) is 4.72. The van der Waals surface area contributed by atoms with Crippen LogP contribution in [0, 0.1) is 0 Å². The lowest BCUT2D eigenvalue weighted by molar-refractivity contribution is -0.141. The predicted molar refractivity (Wildman–Crippen MR) is 92.0 cm³/mol. The highest BCUT2D eigenvalue weighted by atomic mass is 16.6. The largest absolute Gasteiger partial charge is 0.669 e. The molecule has 0 spiro atoms. The van der Waals surface area contributed by atoms with Crippen molar-refractivity contribution in [1.29, 1.82) is 0 Å². The van der Waals surface area contributed by atoms with E-state index < -0.39 is 18.8 Å². The van der Waals surface area contributed by atoms with Gasteiger partial charge in [0.15, 0.2) is 0 Å². The summed E-state index contributed by atoms with van der Waals surface area (Å²) in [6, 6.07) is 2.63. The summed E-state index contributed by atoms with van der Waals surface area (Å²) in [4.78, 5) is 25.2. The van der Waals surface area contributed by atoms with E-state index in [0.29, 0.717) is 31.5 Å². The van der Waals surface area contributed by atoms with Crippen molar-refractivity contribution in [2.45, 2.75) is 38.2 Å². The Bertz CT molecular complexity index is 734. The second kappa shape index (κ2) is 6.78. The molecule has 9 nitrogen and oxygen atoms in total. The van der Waals surface area contributed by atoms with Crippen molar-refractivity contribution >= 4 is 18.6 Å². The van der Waals surface area contributed by atoms with Crippen molar-refractivity contribution in [2.75, 3.05) is 13.1 Å². The molecule has 142 valence electrons. The number of carbonyl (C=O) groups excluding carboxylic acids is 1. The number of ether oxygens (including phenoxy) is 1. The normalized spacial score (nSPS) is 19.8.